The molecule has 0 radical (unpaired) electrons. The summed E-state index contributed by atoms with van der Waals surface area (Å²) in [4.78, 5) is 26.0. The fourth-order valence-corrected chi connectivity index (χ4v) is 8.34. The molecule has 0 amide bonds. The van der Waals surface area contributed by atoms with E-state index < -0.39 is 70.6 Å². The van der Waals surface area contributed by atoms with Gasteiger partial charge in [0.1, 0.15) is 36.6 Å². The van der Waals surface area contributed by atoms with Crippen LogP contribution in [0.4, 0.5) is 0 Å². The molecule has 4 aliphatic heterocycles. The first-order chi connectivity index (χ1) is 18.3. The number of aliphatic hydroxyl groups excluding tert-OH is 1. The van der Waals surface area contributed by atoms with Crippen molar-refractivity contribution in [3.63, 3.8) is 0 Å². The molecule has 12 atom stereocenters. The van der Waals surface area contributed by atoms with Gasteiger partial charge in [0.15, 0.2) is 6.29 Å². The van der Waals surface area contributed by atoms with Crippen LogP contribution < -0.4 is 0 Å². The molecule has 0 aromatic rings. The molecular weight excluding hydrogens is 508 g/mol. The van der Waals surface area contributed by atoms with Crippen LogP contribution in [0.15, 0.2) is 36.0 Å². The van der Waals surface area contributed by atoms with Gasteiger partial charge in [0.05, 0.1) is 23.2 Å². The van der Waals surface area contributed by atoms with E-state index in [1.165, 1.54) is 12.2 Å². The standard InChI is InChI=1S/C29H38O10/c1-15-11-20(31)35-14-28-10-9-26(3,33)17-13-29(34)25(39-23(17)28)22(32)24(27(28,29)4)38-19(30)8-6-5-7-18-16(2)36-21(12-15)37-18/h5-8,11,16-18,21-25,32-34H,9-10,12-14H2,1-4H3/b7-5-,8-6-,15-11-/t16-,17-,18-,21+,22+,23+,24-,25+,26-,27+,28+,29-/m0/s1. The number of cyclic esters (lactones) is 1. The number of carbonyl (C=O) groups is 2. The van der Waals surface area contributed by atoms with Crippen molar-refractivity contribution < 1.29 is 48.6 Å². The number of rotatable bonds is 0. The van der Waals surface area contributed by atoms with Crippen molar-refractivity contribution in [1.29, 1.82) is 0 Å². The van der Waals surface area contributed by atoms with Crippen molar-refractivity contribution in [3.8, 4) is 0 Å². The molecule has 7 rings (SSSR count). The Morgan fingerprint density at radius 1 is 0.974 bits per heavy atom. The van der Waals surface area contributed by atoms with Crippen molar-refractivity contribution >= 4 is 11.9 Å². The van der Waals surface area contributed by atoms with Gasteiger partial charge in [-0.15, -0.1) is 0 Å². The Kier molecular flexibility index (Phi) is 6.23. The number of ether oxygens (including phenoxy) is 5. The summed E-state index contributed by atoms with van der Waals surface area (Å²) in [5.74, 6) is -1.70. The predicted molar refractivity (Wildman–Crippen MR) is 135 cm³/mol. The van der Waals surface area contributed by atoms with Crippen LogP contribution in [0.3, 0.4) is 0 Å². The molecule has 7 aliphatic rings. The van der Waals surface area contributed by atoms with Crippen molar-refractivity contribution in [3.05, 3.63) is 36.0 Å². The molecule has 10 nitrogen and oxygen atoms in total. The van der Waals surface area contributed by atoms with Crippen LogP contribution in [0.25, 0.3) is 0 Å². The van der Waals surface area contributed by atoms with Crippen molar-refractivity contribution in [2.24, 2.45) is 16.7 Å². The van der Waals surface area contributed by atoms with Gasteiger partial charge in [-0.1, -0.05) is 30.7 Å². The van der Waals surface area contributed by atoms with E-state index in [-0.39, 0.29) is 25.2 Å². The summed E-state index contributed by atoms with van der Waals surface area (Å²) >= 11 is 0. The summed E-state index contributed by atoms with van der Waals surface area (Å²) in [7, 11) is 0. The normalized spacial score (nSPS) is 56.0. The number of hydrogen-bond donors (Lipinski definition) is 3. The fraction of sp³-hybridized carbons (Fsp3) is 0.724. The summed E-state index contributed by atoms with van der Waals surface area (Å²) in [5, 5.41) is 34.8. The van der Waals surface area contributed by atoms with E-state index in [0.29, 0.717) is 19.3 Å². The molecule has 3 aliphatic carbocycles. The highest BCUT2D eigenvalue weighted by atomic mass is 16.7. The molecule has 4 heterocycles. The quantitative estimate of drug-likeness (QED) is 0.383. The summed E-state index contributed by atoms with van der Waals surface area (Å²) in [6.07, 6.45) is 3.79. The van der Waals surface area contributed by atoms with E-state index in [0.717, 1.165) is 5.57 Å². The topological polar surface area (TPSA) is 141 Å². The van der Waals surface area contributed by atoms with Gasteiger partial charge in [-0.2, -0.15) is 0 Å². The first kappa shape index (κ1) is 27.1. The smallest absolute Gasteiger partial charge is 0.331 e. The van der Waals surface area contributed by atoms with E-state index in [1.807, 2.05) is 6.92 Å². The maximum atomic E-state index is 13.0. The van der Waals surface area contributed by atoms with Gasteiger partial charge < -0.3 is 39.0 Å². The largest absolute Gasteiger partial charge is 0.462 e. The number of fused-ring (bicyclic) bond motifs is 2. The number of aliphatic hydroxyl groups is 3. The number of allylic oxidation sites excluding steroid dienone is 2. The third kappa shape index (κ3) is 3.75. The van der Waals surface area contributed by atoms with Crippen molar-refractivity contribution in [1.82, 2.24) is 0 Å². The summed E-state index contributed by atoms with van der Waals surface area (Å²) in [5.41, 5.74) is -4.23. The molecule has 1 spiro atoms. The van der Waals surface area contributed by atoms with Gasteiger partial charge in [0, 0.05) is 29.9 Å². The van der Waals surface area contributed by atoms with E-state index in [4.69, 9.17) is 23.7 Å². The van der Waals surface area contributed by atoms with E-state index in [2.05, 4.69) is 0 Å². The van der Waals surface area contributed by atoms with Gasteiger partial charge in [-0.25, -0.2) is 9.59 Å². The molecule has 39 heavy (non-hydrogen) atoms. The lowest BCUT2D eigenvalue weighted by atomic mass is 9.40. The second-order valence-electron chi connectivity index (χ2n) is 12.7. The van der Waals surface area contributed by atoms with Crippen LogP contribution >= 0.6 is 0 Å². The zero-order chi connectivity index (χ0) is 28.0. The molecule has 0 unspecified atom stereocenters. The fourth-order valence-electron chi connectivity index (χ4n) is 8.34. The second kappa shape index (κ2) is 8.96. The number of hydrogen-bond acceptors (Lipinski definition) is 10. The van der Waals surface area contributed by atoms with Gasteiger partial charge >= 0.3 is 11.9 Å². The third-order valence-electron chi connectivity index (χ3n) is 10.6. The molecule has 3 saturated heterocycles. The van der Waals surface area contributed by atoms with Crippen molar-refractivity contribution in [2.75, 3.05) is 6.61 Å². The Balaban J connectivity index is 1.41. The second-order valence-corrected chi connectivity index (χ2v) is 12.7. The molecule has 214 valence electrons. The lowest BCUT2D eigenvalue weighted by Gasteiger charge is -2.71. The van der Waals surface area contributed by atoms with Crippen LogP contribution in [0.5, 0.6) is 0 Å². The Morgan fingerprint density at radius 2 is 1.74 bits per heavy atom. The van der Waals surface area contributed by atoms with Gasteiger partial charge in [0.2, 0.25) is 0 Å². The van der Waals surface area contributed by atoms with Gasteiger partial charge in [0.25, 0.3) is 0 Å². The molecular formula is C29H38O10. The maximum absolute atomic E-state index is 13.0. The van der Waals surface area contributed by atoms with E-state index in [1.54, 1.807) is 39.0 Å². The number of carbonyl (C=O) groups excluding carboxylic acids is 2. The molecule has 0 aromatic carbocycles. The average Bonchev–Trinajstić information content (AvgIpc) is 3.25. The first-order valence-electron chi connectivity index (χ1n) is 13.8. The Labute approximate surface area is 227 Å². The van der Waals surface area contributed by atoms with Crippen molar-refractivity contribution in [2.45, 2.75) is 107 Å². The molecule has 10 heteroatoms. The van der Waals surface area contributed by atoms with Crippen LogP contribution in [0, 0.1) is 16.7 Å². The number of esters is 2. The highest BCUT2D eigenvalue weighted by molar-refractivity contribution is 5.83. The van der Waals surface area contributed by atoms with Gasteiger partial charge in [-0.05, 0) is 40.0 Å². The minimum atomic E-state index is -1.62. The Bertz CT molecular complexity index is 1140. The minimum absolute atomic E-state index is 0.132. The highest BCUT2D eigenvalue weighted by Gasteiger charge is 2.86. The SMILES string of the molecule is C/C1=C/C(=O)OC[C@]23CC[C@](C)(O)[C@H]4C[C@]5(O)[C@H](O[C@H]42)[C@H](O)[C@H](OC(=O)/C=C\C=C/[C@@H]2O[C@H](C1)O[C@H]2C)[C@]35C. The molecule has 6 fully saturated rings. The average molecular weight is 547 g/mol. The van der Waals surface area contributed by atoms with E-state index >= 15 is 0 Å². The summed E-state index contributed by atoms with van der Waals surface area (Å²) < 4.78 is 29.9. The molecule has 3 N–H and O–H groups in total. The Hall–Kier alpha value is -2.08. The molecule has 8 bridgehead atoms. The zero-order valence-corrected chi connectivity index (χ0v) is 22.7. The highest BCUT2D eigenvalue weighted by Crippen LogP contribution is 2.74. The van der Waals surface area contributed by atoms with E-state index in [9.17, 15) is 24.9 Å². The molecule has 3 saturated carbocycles. The van der Waals surface area contributed by atoms with Crippen LogP contribution in [-0.4, -0.2) is 88.0 Å². The first-order valence-corrected chi connectivity index (χ1v) is 13.8. The van der Waals surface area contributed by atoms with Crippen LogP contribution in [0.1, 0.15) is 53.4 Å². The third-order valence-corrected chi connectivity index (χ3v) is 10.6. The zero-order valence-electron chi connectivity index (χ0n) is 22.7. The lowest BCUT2D eigenvalue weighted by Crippen LogP contribution is -2.80. The minimum Gasteiger partial charge on any atom is -0.462 e. The Morgan fingerprint density at radius 3 is 2.51 bits per heavy atom. The monoisotopic (exact) mass is 546 g/mol. The lowest BCUT2D eigenvalue weighted by molar-refractivity contribution is -0.378. The molecule has 0 aromatic heterocycles. The van der Waals surface area contributed by atoms with Gasteiger partial charge in [-0.3, -0.25) is 0 Å². The van der Waals surface area contributed by atoms with Crippen LogP contribution in [0.2, 0.25) is 0 Å². The maximum Gasteiger partial charge on any atom is 0.331 e. The van der Waals surface area contributed by atoms with Crippen LogP contribution in [-0.2, 0) is 33.3 Å². The summed E-state index contributed by atoms with van der Waals surface area (Å²) in [6, 6.07) is 0. The summed E-state index contributed by atoms with van der Waals surface area (Å²) in [6.45, 7) is 7.08. The predicted octanol–water partition coefficient (Wildman–Crippen LogP) is 1.46.